The third-order valence-electron chi connectivity index (χ3n) is 6.78. The number of aromatic nitrogens is 4. The Balaban J connectivity index is 1.34. The number of ether oxygens (including phenoxy) is 1. The minimum Gasteiger partial charge on any atom is -0.379 e. The first-order chi connectivity index (χ1) is 14.3. The van der Waals surface area contributed by atoms with Crippen molar-refractivity contribution in [3.63, 3.8) is 0 Å². The Labute approximate surface area is 173 Å². The highest BCUT2D eigenvalue weighted by Crippen LogP contribution is 2.64. The van der Waals surface area contributed by atoms with Crippen LogP contribution in [0.2, 0.25) is 0 Å². The van der Waals surface area contributed by atoms with Crippen molar-refractivity contribution >= 4 is 0 Å². The molecule has 9 heteroatoms. The summed E-state index contributed by atoms with van der Waals surface area (Å²) in [6.07, 6.45) is 0.307. The van der Waals surface area contributed by atoms with Crippen molar-refractivity contribution in [3.05, 3.63) is 30.0 Å². The monoisotopic (exact) mass is 421 g/mol. The number of nitrogens with zero attached hydrogens (tertiary/aromatic N) is 5. The maximum Gasteiger partial charge on any atom is 0.451 e. The van der Waals surface area contributed by atoms with Crippen molar-refractivity contribution in [2.45, 2.75) is 50.9 Å². The molecule has 0 amide bonds. The van der Waals surface area contributed by atoms with E-state index in [1.165, 1.54) is 30.9 Å². The van der Waals surface area contributed by atoms with Crippen molar-refractivity contribution in [1.29, 1.82) is 0 Å². The lowest BCUT2D eigenvalue weighted by Crippen LogP contribution is -2.43. The molecule has 2 aromatic heterocycles. The van der Waals surface area contributed by atoms with E-state index < -0.39 is 12.0 Å². The molecule has 2 aliphatic carbocycles. The minimum absolute atomic E-state index is 0.181. The summed E-state index contributed by atoms with van der Waals surface area (Å²) in [5.74, 6) is 0.703. The molecular weight excluding hydrogens is 395 g/mol. The third kappa shape index (κ3) is 3.51. The molecule has 0 N–H and O–H groups in total. The zero-order valence-corrected chi connectivity index (χ0v) is 17.1. The molecule has 1 aliphatic heterocycles. The van der Waals surface area contributed by atoms with Crippen molar-refractivity contribution in [2.75, 3.05) is 26.3 Å². The summed E-state index contributed by atoms with van der Waals surface area (Å²) in [5.41, 5.74) is 2.35. The molecular formula is C21H26F3N5O. The van der Waals surface area contributed by atoms with Gasteiger partial charge in [-0.25, -0.2) is 9.97 Å². The van der Waals surface area contributed by atoms with Gasteiger partial charge >= 0.3 is 6.18 Å². The Hall–Kier alpha value is -2.00. The number of rotatable bonds is 4. The van der Waals surface area contributed by atoms with Gasteiger partial charge in [0, 0.05) is 54.7 Å². The molecule has 0 bridgehead atoms. The Morgan fingerprint density at radius 3 is 2.27 bits per heavy atom. The fourth-order valence-electron chi connectivity index (χ4n) is 5.31. The molecule has 3 heterocycles. The van der Waals surface area contributed by atoms with E-state index in [1.54, 1.807) is 0 Å². The molecule has 30 heavy (non-hydrogen) atoms. The number of alkyl halides is 3. The van der Waals surface area contributed by atoms with Crippen LogP contribution in [0.4, 0.5) is 13.2 Å². The average molecular weight is 421 g/mol. The summed E-state index contributed by atoms with van der Waals surface area (Å²) in [7, 11) is 0. The van der Waals surface area contributed by atoms with E-state index >= 15 is 0 Å². The third-order valence-corrected chi connectivity index (χ3v) is 6.78. The first-order valence-electron chi connectivity index (χ1n) is 10.6. The average Bonchev–Trinajstić information content (AvgIpc) is 3.10. The quantitative estimate of drug-likeness (QED) is 0.752. The summed E-state index contributed by atoms with van der Waals surface area (Å²) in [4.78, 5) is 9.54. The second-order valence-corrected chi connectivity index (χ2v) is 8.91. The first-order valence-corrected chi connectivity index (χ1v) is 10.6. The normalized spacial score (nSPS) is 29.4. The predicted molar refractivity (Wildman–Crippen MR) is 104 cm³/mol. The van der Waals surface area contributed by atoms with Crippen LogP contribution in [0.3, 0.4) is 0 Å². The Kier molecular flexibility index (Phi) is 4.85. The van der Waals surface area contributed by atoms with Crippen molar-refractivity contribution in [1.82, 2.24) is 24.6 Å². The SMILES string of the molecule is CC(C)n1nc(-c2cnc(C(F)(F)F)nc2)cc1C1[C@H]2CC(N3CCOCC3)C[C@@H]12. The van der Waals surface area contributed by atoms with Gasteiger partial charge in [0.15, 0.2) is 0 Å². The molecule has 3 aliphatic rings. The second kappa shape index (κ2) is 7.30. The lowest BCUT2D eigenvalue weighted by atomic mass is 10.0. The van der Waals surface area contributed by atoms with E-state index in [9.17, 15) is 13.2 Å². The van der Waals surface area contributed by atoms with E-state index in [2.05, 4.69) is 28.7 Å². The Morgan fingerprint density at radius 1 is 1.07 bits per heavy atom. The number of halogens is 3. The van der Waals surface area contributed by atoms with Gasteiger partial charge in [-0.05, 0) is 44.6 Å². The topological polar surface area (TPSA) is 56.1 Å². The highest BCUT2D eigenvalue weighted by molar-refractivity contribution is 5.58. The zero-order valence-electron chi connectivity index (χ0n) is 17.1. The maximum absolute atomic E-state index is 12.8. The molecule has 0 aromatic carbocycles. The van der Waals surface area contributed by atoms with Crippen molar-refractivity contribution < 1.29 is 17.9 Å². The van der Waals surface area contributed by atoms with Crippen LogP contribution < -0.4 is 0 Å². The Morgan fingerprint density at radius 2 is 1.70 bits per heavy atom. The number of fused-ring (bicyclic) bond motifs is 1. The highest BCUT2D eigenvalue weighted by atomic mass is 19.4. The van der Waals surface area contributed by atoms with Crippen LogP contribution in [0, 0.1) is 11.8 Å². The summed E-state index contributed by atoms with van der Waals surface area (Å²) >= 11 is 0. The van der Waals surface area contributed by atoms with Gasteiger partial charge in [0.1, 0.15) is 0 Å². The number of morpholine rings is 1. The van der Waals surface area contributed by atoms with Gasteiger partial charge in [0.05, 0.1) is 18.9 Å². The summed E-state index contributed by atoms with van der Waals surface area (Å²) < 4.78 is 45.8. The van der Waals surface area contributed by atoms with Crippen LogP contribution in [0.15, 0.2) is 18.5 Å². The molecule has 6 nitrogen and oxygen atoms in total. The van der Waals surface area contributed by atoms with Gasteiger partial charge in [0.2, 0.25) is 5.82 Å². The zero-order chi connectivity index (χ0) is 21.0. The van der Waals surface area contributed by atoms with E-state index in [0.717, 1.165) is 26.3 Å². The molecule has 3 fully saturated rings. The second-order valence-electron chi connectivity index (χ2n) is 8.91. The first kappa shape index (κ1) is 19.9. The molecule has 162 valence electrons. The summed E-state index contributed by atoms with van der Waals surface area (Å²) in [5, 5.41) is 4.70. The summed E-state index contributed by atoms with van der Waals surface area (Å²) in [6.45, 7) is 7.87. The molecule has 2 unspecified atom stereocenters. The summed E-state index contributed by atoms with van der Waals surface area (Å²) in [6, 6.07) is 2.86. The lowest BCUT2D eigenvalue weighted by molar-refractivity contribution is -0.144. The van der Waals surface area contributed by atoms with E-state index in [0.29, 0.717) is 35.1 Å². The van der Waals surface area contributed by atoms with Crippen LogP contribution in [-0.2, 0) is 10.9 Å². The minimum atomic E-state index is -4.54. The molecule has 2 saturated carbocycles. The van der Waals surface area contributed by atoms with Crippen LogP contribution in [0.25, 0.3) is 11.3 Å². The highest BCUT2D eigenvalue weighted by Gasteiger charge is 2.58. The Bertz CT molecular complexity index is 892. The van der Waals surface area contributed by atoms with Crippen LogP contribution in [0.5, 0.6) is 0 Å². The molecule has 0 spiro atoms. The van der Waals surface area contributed by atoms with Gasteiger partial charge in [-0.2, -0.15) is 18.3 Å². The van der Waals surface area contributed by atoms with Crippen molar-refractivity contribution in [3.8, 4) is 11.3 Å². The number of hydrogen-bond acceptors (Lipinski definition) is 5. The van der Waals surface area contributed by atoms with E-state index in [-0.39, 0.29) is 6.04 Å². The largest absolute Gasteiger partial charge is 0.451 e. The van der Waals surface area contributed by atoms with Gasteiger partial charge in [-0.15, -0.1) is 0 Å². The van der Waals surface area contributed by atoms with Gasteiger partial charge in [-0.1, -0.05) is 0 Å². The van der Waals surface area contributed by atoms with Crippen LogP contribution in [-0.4, -0.2) is 57.0 Å². The van der Waals surface area contributed by atoms with E-state index in [1.807, 2.05) is 10.7 Å². The van der Waals surface area contributed by atoms with Gasteiger partial charge in [-0.3, -0.25) is 9.58 Å². The van der Waals surface area contributed by atoms with Gasteiger partial charge in [0.25, 0.3) is 0 Å². The molecule has 5 rings (SSSR count). The number of hydrogen-bond donors (Lipinski definition) is 0. The van der Waals surface area contributed by atoms with E-state index in [4.69, 9.17) is 9.84 Å². The lowest BCUT2D eigenvalue weighted by Gasteiger charge is -2.33. The van der Waals surface area contributed by atoms with Crippen molar-refractivity contribution in [2.24, 2.45) is 11.8 Å². The fraction of sp³-hybridized carbons (Fsp3) is 0.667. The van der Waals surface area contributed by atoms with Crippen LogP contribution >= 0.6 is 0 Å². The molecule has 1 saturated heterocycles. The van der Waals surface area contributed by atoms with Gasteiger partial charge < -0.3 is 4.74 Å². The fourth-order valence-corrected chi connectivity index (χ4v) is 5.31. The maximum atomic E-state index is 12.8. The smallest absolute Gasteiger partial charge is 0.379 e. The van der Waals surface area contributed by atoms with Crippen LogP contribution in [0.1, 0.15) is 50.2 Å². The molecule has 4 atom stereocenters. The standard InChI is InChI=1S/C21H26F3N5O/c1-12(2)29-18(9-17(27-29)13-10-25-20(26-11-13)21(22,23)24)19-15-7-14(8-16(15)19)28-3-5-30-6-4-28/h9-12,14-16,19H,3-8H2,1-2H3/t14?,15-,16+,19?. The predicted octanol–water partition coefficient (Wildman–Crippen LogP) is 3.76. The molecule has 0 radical (unpaired) electrons. The molecule has 2 aromatic rings.